The van der Waals surface area contributed by atoms with Crippen LogP contribution in [-0.2, 0) is 14.8 Å². The summed E-state index contributed by atoms with van der Waals surface area (Å²) >= 11 is 0. The Morgan fingerprint density at radius 1 is 1.37 bits per heavy atom. The van der Waals surface area contributed by atoms with E-state index in [9.17, 15) is 8.42 Å². The summed E-state index contributed by atoms with van der Waals surface area (Å²) in [6, 6.07) is 4.40. The Bertz CT molecular complexity index is 514. The van der Waals surface area contributed by atoms with Crippen molar-refractivity contribution in [1.82, 2.24) is 4.72 Å². The minimum Gasteiger partial charge on any atom is -0.495 e. The standard InChI is InChI=1S/C12H20N2O4S/c1-9(2)18-7-6-14-19(15,16)12-5-4-10(13)8-11(12)17-3/h4-5,8-9,14H,6-7,13H2,1-3H3. The lowest BCUT2D eigenvalue weighted by Crippen LogP contribution is -2.28. The summed E-state index contributed by atoms with van der Waals surface area (Å²) in [5.74, 6) is 0.220. The molecule has 0 bridgehead atoms. The van der Waals surface area contributed by atoms with Gasteiger partial charge in [0.2, 0.25) is 10.0 Å². The largest absolute Gasteiger partial charge is 0.495 e. The minimum atomic E-state index is -3.63. The van der Waals surface area contributed by atoms with Crippen LogP contribution in [0.1, 0.15) is 13.8 Å². The van der Waals surface area contributed by atoms with Crippen LogP contribution in [0, 0.1) is 0 Å². The van der Waals surface area contributed by atoms with Crippen LogP contribution in [0.25, 0.3) is 0 Å². The third kappa shape index (κ3) is 4.70. The lowest BCUT2D eigenvalue weighted by atomic mass is 10.3. The maximum Gasteiger partial charge on any atom is 0.244 e. The Morgan fingerprint density at radius 2 is 2.05 bits per heavy atom. The average Bonchev–Trinajstić information content (AvgIpc) is 2.34. The molecule has 1 aromatic carbocycles. The first-order chi connectivity index (χ1) is 8.86. The number of ether oxygens (including phenoxy) is 2. The van der Waals surface area contributed by atoms with Gasteiger partial charge in [-0.2, -0.15) is 0 Å². The van der Waals surface area contributed by atoms with E-state index in [1.807, 2.05) is 13.8 Å². The van der Waals surface area contributed by atoms with Gasteiger partial charge in [-0.25, -0.2) is 13.1 Å². The van der Waals surface area contributed by atoms with Crippen LogP contribution in [0.2, 0.25) is 0 Å². The zero-order valence-corrected chi connectivity index (χ0v) is 12.2. The van der Waals surface area contributed by atoms with Gasteiger partial charge in [-0.1, -0.05) is 0 Å². The molecule has 0 saturated heterocycles. The summed E-state index contributed by atoms with van der Waals surface area (Å²) in [6.45, 7) is 4.29. The van der Waals surface area contributed by atoms with Crippen LogP contribution >= 0.6 is 0 Å². The Morgan fingerprint density at radius 3 is 2.63 bits per heavy atom. The Balaban J connectivity index is 2.77. The molecule has 0 aliphatic carbocycles. The molecule has 0 aliphatic heterocycles. The molecule has 1 aromatic rings. The fourth-order valence-corrected chi connectivity index (χ4v) is 2.62. The molecule has 0 fully saturated rings. The van der Waals surface area contributed by atoms with Crippen LogP contribution < -0.4 is 15.2 Å². The van der Waals surface area contributed by atoms with Gasteiger partial charge in [0.15, 0.2) is 0 Å². The molecule has 0 aliphatic rings. The van der Waals surface area contributed by atoms with E-state index < -0.39 is 10.0 Å². The molecule has 1 rings (SSSR count). The lowest BCUT2D eigenvalue weighted by molar-refractivity contribution is 0.0834. The molecule has 3 N–H and O–H groups in total. The maximum absolute atomic E-state index is 12.1. The molecule has 0 amide bonds. The Labute approximate surface area is 113 Å². The molecule has 0 saturated carbocycles. The third-order valence-corrected chi connectivity index (χ3v) is 3.82. The average molecular weight is 288 g/mol. The predicted molar refractivity (Wildman–Crippen MR) is 73.7 cm³/mol. The summed E-state index contributed by atoms with van der Waals surface area (Å²) in [4.78, 5) is 0.0637. The number of sulfonamides is 1. The van der Waals surface area contributed by atoms with Crippen LogP contribution in [0.15, 0.2) is 23.1 Å². The number of hydrogen-bond donors (Lipinski definition) is 2. The summed E-state index contributed by atoms with van der Waals surface area (Å²) in [5.41, 5.74) is 6.03. The normalized spacial score (nSPS) is 11.8. The first-order valence-corrected chi connectivity index (χ1v) is 7.40. The van der Waals surface area contributed by atoms with Crippen molar-refractivity contribution in [1.29, 1.82) is 0 Å². The van der Waals surface area contributed by atoms with Gasteiger partial charge >= 0.3 is 0 Å². The van der Waals surface area contributed by atoms with Crippen LogP contribution in [0.3, 0.4) is 0 Å². The van der Waals surface area contributed by atoms with Gasteiger partial charge in [0.1, 0.15) is 10.6 Å². The summed E-state index contributed by atoms with van der Waals surface area (Å²) < 4.78 is 36.9. The predicted octanol–water partition coefficient (Wildman–Crippen LogP) is 0.981. The van der Waals surface area contributed by atoms with E-state index in [2.05, 4.69) is 4.72 Å². The fourth-order valence-electron chi connectivity index (χ4n) is 1.45. The monoisotopic (exact) mass is 288 g/mol. The molecule has 0 unspecified atom stereocenters. The highest BCUT2D eigenvalue weighted by atomic mass is 32.2. The van der Waals surface area contributed by atoms with Gasteiger partial charge in [0.25, 0.3) is 0 Å². The molecule has 0 spiro atoms. The van der Waals surface area contributed by atoms with E-state index in [1.165, 1.54) is 25.3 Å². The summed E-state index contributed by atoms with van der Waals surface area (Å²) in [5, 5.41) is 0. The molecule has 19 heavy (non-hydrogen) atoms. The third-order valence-electron chi connectivity index (χ3n) is 2.32. The second-order valence-electron chi connectivity index (χ2n) is 4.23. The number of nitrogens with two attached hydrogens (primary N) is 1. The summed E-state index contributed by atoms with van der Waals surface area (Å²) in [7, 11) is -2.23. The smallest absolute Gasteiger partial charge is 0.244 e. The van der Waals surface area contributed by atoms with E-state index in [0.29, 0.717) is 12.3 Å². The van der Waals surface area contributed by atoms with E-state index in [4.69, 9.17) is 15.2 Å². The van der Waals surface area contributed by atoms with E-state index in [-0.39, 0.29) is 23.3 Å². The molecule has 0 heterocycles. The zero-order chi connectivity index (χ0) is 14.5. The highest BCUT2D eigenvalue weighted by Gasteiger charge is 2.19. The van der Waals surface area contributed by atoms with Crippen molar-refractivity contribution >= 4 is 15.7 Å². The number of benzene rings is 1. The molecule has 6 nitrogen and oxygen atoms in total. The lowest BCUT2D eigenvalue weighted by Gasteiger charge is -2.12. The second kappa shape index (κ2) is 6.74. The Hall–Kier alpha value is -1.31. The molecule has 0 radical (unpaired) electrons. The van der Waals surface area contributed by atoms with Crippen molar-refractivity contribution in [2.45, 2.75) is 24.8 Å². The first-order valence-electron chi connectivity index (χ1n) is 5.91. The Kier molecular flexibility index (Phi) is 5.59. The van der Waals surface area contributed by atoms with Gasteiger partial charge in [0.05, 0.1) is 19.8 Å². The van der Waals surface area contributed by atoms with E-state index in [0.717, 1.165) is 0 Å². The number of methoxy groups -OCH3 is 1. The van der Waals surface area contributed by atoms with Crippen LogP contribution in [0.5, 0.6) is 5.75 Å². The van der Waals surface area contributed by atoms with Gasteiger partial charge in [-0.3, -0.25) is 0 Å². The number of hydrogen-bond acceptors (Lipinski definition) is 5. The quantitative estimate of drug-likeness (QED) is 0.576. The van der Waals surface area contributed by atoms with Crippen molar-refractivity contribution in [3.05, 3.63) is 18.2 Å². The van der Waals surface area contributed by atoms with Crippen molar-refractivity contribution in [3.63, 3.8) is 0 Å². The SMILES string of the molecule is COc1cc(N)ccc1S(=O)(=O)NCCOC(C)C. The summed E-state index contributed by atoms with van der Waals surface area (Å²) in [6.07, 6.45) is 0.0653. The van der Waals surface area contributed by atoms with Gasteiger partial charge in [0, 0.05) is 18.3 Å². The van der Waals surface area contributed by atoms with Crippen molar-refractivity contribution in [2.24, 2.45) is 0 Å². The molecule has 0 atom stereocenters. The number of nitrogens with one attached hydrogen (secondary N) is 1. The van der Waals surface area contributed by atoms with Crippen molar-refractivity contribution < 1.29 is 17.9 Å². The molecular weight excluding hydrogens is 268 g/mol. The van der Waals surface area contributed by atoms with Gasteiger partial charge in [-0.05, 0) is 26.0 Å². The maximum atomic E-state index is 12.1. The highest BCUT2D eigenvalue weighted by Crippen LogP contribution is 2.25. The minimum absolute atomic E-state index is 0.0637. The van der Waals surface area contributed by atoms with Crippen LogP contribution in [-0.4, -0.2) is 34.8 Å². The van der Waals surface area contributed by atoms with Gasteiger partial charge in [-0.15, -0.1) is 0 Å². The molecule has 0 aromatic heterocycles. The molecular formula is C12H20N2O4S. The van der Waals surface area contributed by atoms with E-state index in [1.54, 1.807) is 0 Å². The van der Waals surface area contributed by atoms with E-state index >= 15 is 0 Å². The molecule has 7 heteroatoms. The zero-order valence-electron chi connectivity index (χ0n) is 11.3. The van der Waals surface area contributed by atoms with Crippen molar-refractivity contribution in [3.8, 4) is 5.75 Å². The van der Waals surface area contributed by atoms with Crippen molar-refractivity contribution in [2.75, 3.05) is 26.0 Å². The number of anilines is 1. The number of rotatable bonds is 7. The first kappa shape index (κ1) is 15.7. The molecule has 108 valence electrons. The number of nitrogen functional groups attached to an aromatic ring is 1. The van der Waals surface area contributed by atoms with Gasteiger partial charge < -0.3 is 15.2 Å². The second-order valence-corrected chi connectivity index (χ2v) is 5.96. The highest BCUT2D eigenvalue weighted by molar-refractivity contribution is 7.89. The topological polar surface area (TPSA) is 90.7 Å². The fraction of sp³-hybridized carbons (Fsp3) is 0.500. The van der Waals surface area contributed by atoms with Crippen LogP contribution in [0.4, 0.5) is 5.69 Å².